The second-order valence-electron chi connectivity index (χ2n) is 7.51. The van der Waals surface area contributed by atoms with Crippen LogP contribution < -0.4 is 5.73 Å². The maximum Gasteiger partial charge on any atom is 0.0596 e. The Hall–Kier alpha value is -1.02. The second-order valence-corrected chi connectivity index (χ2v) is 7.51. The maximum absolute atomic E-state index is 10.4. The fourth-order valence-corrected chi connectivity index (χ4v) is 5.57. The van der Waals surface area contributed by atoms with Crippen LogP contribution in [0.25, 0.3) is 0 Å². The summed E-state index contributed by atoms with van der Waals surface area (Å²) in [6.45, 7) is 2.34. The van der Waals surface area contributed by atoms with Gasteiger partial charge in [-0.25, -0.2) is 0 Å². The number of aliphatic hydroxyl groups excluding tert-OH is 1. The van der Waals surface area contributed by atoms with Crippen molar-refractivity contribution in [2.24, 2.45) is 17.3 Å². The van der Waals surface area contributed by atoms with E-state index < -0.39 is 0 Å². The van der Waals surface area contributed by atoms with Crippen molar-refractivity contribution in [1.82, 2.24) is 0 Å². The minimum absolute atomic E-state index is 0.0683. The highest BCUT2D eigenvalue weighted by Gasteiger charge is 2.54. The van der Waals surface area contributed by atoms with Gasteiger partial charge in [-0.2, -0.15) is 0 Å². The van der Waals surface area contributed by atoms with E-state index in [1.807, 2.05) is 0 Å². The molecule has 3 aliphatic carbocycles. The average Bonchev–Trinajstić information content (AvgIpc) is 2.74. The number of hydrogen-bond donors (Lipinski definition) is 2. The predicted octanol–water partition coefficient (Wildman–Crippen LogP) is 3.49. The molecule has 0 aliphatic heterocycles. The van der Waals surface area contributed by atoms with Gasteiger partial charge in [-0.15, -0.1) is 0 Å². The Morgan fingerprint density at radius 2 is 2.05 bits per heavy atom. The molecule has 2 heteroatoms. The number of rotatable bonds is 0. The standard InChI is InChI=1S/C18H25NO/c1-18-9-8-14-13-5-3-12(19)10-11(13)2-4-15(14)16(18)6-7-17(18)20/h3,5,10,14-17,20H,2,4,6-9,19H2,1H3/t14-,15-,16+,17?,18+/m1/s1. The number of anilines is 1. The number of nitrogen functional groups attached to an aromatic ring is 1. The van der Waals surface area contributed by atoms with Gasteiger partial charge in [0.05, 0.1) is 6.10 Å². The first-order chi connectivity index (χ1) is 9.59. The fraction of sp³-hybridized carbons (Fsp3) is 0.667. The molecule has 0 saturated heterocycles. The summed E-state index contributed by atoms with van der Waals surface area (Å²) in [6, 6.07) is 6.52. The van der Waals surface area contributed by atoms with Crippen molar-refractivity contribution < 1.29 is 5.11 Å². The van der Waals surface area contributed by atoms with Crippen LogP contribution in [0.1, 0.15) is 56.1 Å². The molecule has 0 spiro atoms. The van der Waals surface area contributed by atoms with Crippen LogP contribution in [0.3, 0.4) is 0 Å². The SMILES string of the molecule is C[C@]12CC[C@@H]3c4ccc(N)cc4CC[C@H]3[C@@H]1CCC2O. The van der Waals surface area contributed by atoms with Crippen molar-refractivity contribution >= 4 is 5.69 Å². The summed E-state index contributed by atoms with van der Waals surface area (Å²) in [5.74, 6) is 2.21. The third-order valence-corrected chi connectivity index (χ3v) is 6.70. The smallest absolute Gasteiger partial charge is 0.0596 e. The highest BCUT2D eigenvalue weighted by atomic mass is 16.3. The number of nitrogens with two attached hydrogens (primary N) is 1. The first-order valence-corrected chi connectivity index (χ1v) is 8.16. The molecular formula is C18H25NO. The van der Waals surface area contributed by atoms with Crippen molar-refractivity contribution in [2.75, 3.05) is 5.73 Å². The Kier molecular flexibility index (Phi) is 2.69. The van der Waals surface area contributed by atoms with Crippen LogP contribution in [0.2, 0.25) is 0 Å². The van der Waals surface area contributed by atoms with Crippen LogP contribution in [-0.4, -0.2) is 11.2 Å². The lowest BCUT2D eigenvalue weighted by atomic mass is 9.55. The summed E-state index contributed by atoms with van der Waals surface area (Å²) in [4.78, 5) is 0. The molecule has 0 amide bonds. The Balaban J connectivity index is 1.71. The van der Waals surface area contributed by atoms with Gasteiger partial charge in [-0.1, -0.05) is 13.0 Å². The minimum atomic E-state index is -0.0683. The molecule has 3 N–H and O–H groups in total. The molecule has 5 atom stereocenters. The molecule has 0 heterocycles. The molecule has 20 heavy (non-hydrogen) atoms. The Morgan fingerprint density at radius 3 is 2.90 bits per heavy atom. The van der Waals surface area contributed by atoms with Crippen molar-refractivity contribution in [3.63, 3.8) is 0 Å². The van der Waals surface area contributed by atoms with Gasteiger partial charge >= 0.3 is 0 Å². The predicted molar refractivity (Wildman–Crippen MR) is 81.5 cm³/mol. The number of aliphatic hydroxyl groups is 1. The molecule has 1 unspecified atom stereocenters. The van der Waals surface area contributed by atoms with Crippen LogP contribution in [-0.2, 0) is 6.42 Å². The first kappa shape index (κ1) is 12.7. The zero-order valence-corrected chi connectivity index (χ0v) is 12.3. The molecule has 1 aromatic rings. The van der Waals surface area contributed by atoms with E-state index in [1.54, 1.807) is 5.56 Å². The maximum atomic E-state index is 10.4. The van der Waals surface area contributed by atoms with Crippen molar-refractivity contribution in [1.29, 1.82) is 0 Å². The van der Waals surface area contributed by atoms with Gasteiger partial charge in [-0.3, -0.25) is 0 Å². The van der Waals surface area contributed by atoms with Crippen LogP contribution in [0, 0.1) is 17.3 Å². The summed E-state index contributed by atoms with van der Waals surface area (Å²) in [5.41, 5.74) is 10.1. The van der Waals surface area contributed by atoms with E-state index in [1.165, 1.54) is 37.7 Å². The van der Waals surface area contributed by atoms with Gasteiger partial charge in [0, 0.05) is 5.69 Å². The topological polar surface area (TPSA) is 46.2 Å². The van der Waals surface area contributed by atoms with Gasteiger partial charge in [0.25, 0.3) is 0 Å². The molecular weight excluding hydrogens is 246 g/mol. The van der Waals surface area contributed by atoms with Crippen LogP contribution in [0.15, 0.2) is 18.2 Å². The second kappa shape index (κ2) is 4.24. The van der Waals surface area contributed by atoms with Crippen LogP contribution in [0.5, 0.6) is 0 Å². The fourth-order valence-electron chi connectivity index (χ4n) is 5.57. The van der Waals surface area contributed by atoms with Gasteiger partial charge < -0.3 is 10.8 Å². The highest BCUT2D eigenvalue weighted by Crippen LogP contribution is 2.60. The molecule has 3 aliphatic rings. The van der Waals surface area contributed by atoms with E-state index in [0.717, 1.165) is 23.9 Å². The lowest BCUT2D eigenvalue weighted by Gasteiger charge is -2.50. The van der Waals surface area contributed by atoms with E-state index in [9.17, 15) is 5.11 Å². The first-order valence-electron chi connectivity index (χ1n) is 8.16. The molecule has 4 rings (SSSR count). The zero-order chi connectivity index (χ0) is 13.9. The summed E-state index contributed by atoms with van der Waals surface area (Å²) >= 11 is 0. The third-order valence-electron chi connectivity index (χ3n) is 6.70. The average molecular weight is 271 g/mol. The molecule has 2 fully saturated rings. The van der Waals surface area contributed by atoms with Crippen LogP contribution in [0.4, 0.5) is 5.69 Å². The molecule has 1 aromatic carbocycles. The summed E-state index contributed by atoms with van der Waals surface area (Å²) in [6.07, 6.45) is 7.05. The van der Waals surface area contributed by atoms with Gasteiger partial charge in [0.1, 0.15) is 0 Å². The minimum Gasteiger partial charge on any atom is -0.399 e. The molecule has 0 radical (unpaired) electrons. The number of hydrogen-bond acceptors (Lipinski definition) is 2. The molecule has 2 nitrogen and oxygen atoms in total. The van der Waals surface area contributed by atoms with Gasteiger partial charge in [0.2, 0.25) is 0 Å². The Morgan fingerprint density at radius 1 is 1.20 bits per heavy atom. The quantitative estimate of drug-likeness (QED) is 0.710. The summed E-state index contributed by atoms with van der Waals surface area (Å²) < 4.78 is 0. The number of fused-ring (bicyclic) bond motifs is 5. The van der Waals surface area contributed by atoms with E-state index in [0.29, 0.717) is 5.92 Å². The molecule has 0 aromatic heterocycles. The summed E-state index contributed by atoms with van der Waals surface area (Å²) in [5, 5.41) is 10.4. The van der Waals surface area contributed by atoms with Gasteiger partial charge in [-0.05, 0) is 85.0 Å². The normalized spacial score (nSPS) is 42.7. The Labute approximate surface area is 121 Å². The number of aryl methyl sites for hydroxylation is 1. The van der Waals surface area contributed by atoms with E-state index in [2.05, 4.69) is 25.1 Å². The molecule has 2 saturated carbocycles. The van der Waals surface area contributed by atoms with E-state index in [-0.39, 0.29) is 11.5 Å². The molecule has 0 bridgehead atoms. The van der Waals surface area contributed by atoms with E-state index in [4.69, 9.17) is 5.73 Å². The van der Waals surface area contributed by atoms with E-state index >= 15 is 0 Å². The summed E-state index contributed by atoms with van der Waals surface area (Å²) in [7, 11) is 0. The van der Waals surface area contributed by atoms with Crippen LogP contribution >= 0.6 is 0 Å². The number of benzene rings is 1. The molecule has 108 valence electrons. The van der Waals surface area contributed by atoms with Crippen molar-refractivity contribution in [3.8, 4) is 0 Å². The lowest BCUT2D eigenvalue weighted by Crippen LogP contribution is -2.43. The van der Waals surface area contributed by atoms with Crippen molar-refractivity contribution in [3.05, 3.63) is 29.3 Å². The monoisotopic (exact) mass is 271 g/mol. The van der Waals surface area contributed by atoms with Crippen molar-refractivity contribution in [2.45, 2.75) is 57.5 Å². The largest absolute Gasteiger partial charge is 0.399 e. The zero-order valence-electron chi connectivity index (χ0n) is 12.3. The van der Waals surface area contributed by atoms with Gasteiger partial charge in [0.15, 0.2) is 0 Å². The lowest BCUT2D eigenvalue weighted by molar-refractivity contribution is -0.0226. The Bertz CT molecular complexity index is 540. The highest BCUT2D eigenvalue weighted by molar-refractivity contribution is 5.47. The third kappa shape index (κ3) is 1.60.